The Bertz CT molecular complexity index is 1250. The molecular weight excluding hydrogens is 448 g/mol. The summed E-state index contributed by atoms with van der Waals surface area (Å²) >= 11 is 6.11. The molecule has 2 atom stereocenters. The number of aliphatic hydroxyl groups excluding tert-OH is 1. The van der Waals surface area contributed by atoms with Crippen LogP contribution in [-0.4, -0.2) is 54.4 Å². The third-order valence-electron chi connectivity index (χ3n) is 5.01. The molecular formula is C21H17ClN8O3. The first kappa shape index (κ1) is 22.1. The van der Waals surface area contributed by atoms with Crippen molar-refractivity contribution in [1.82, 2.24) is 30.5 Å². The third-order valence-corrected chi connectivity index (χ3v) is 5.25. The summed E-state index contributed by atoms with van der Waals surface area (Å²) in [6, 6.07) is 12.2. The Kier molecular flexibility index (Phi) is 6.39. The van der Waals surface area contributed by atoms with Gasteiger partial charge in [-0.25, -0.2) is 9.69 Å². The monoisotopic (exact) mass is 464 g/mol. The Balaban J connectivity index is 1.46. The van der Waals surface area contributed by atoms with Gasteiger partial charge in [0.05, 0.1) is 17.3 Å². The van der Waals surface area contributed by atoms with E-state index in [9.17, 15) is 14.7 Å². The fraction of sp³-hybridized carbons (Fsp3) is 0.190. The molecule has 2 unspecified atom stereocenters. The maximum atomic E-state index is 12.9. The first-order chi connectivity index (χ1) is 16.0. The van der Waals surface area contributed by atoms with Crippen LogP contribution in [0.2, 0.25) is 5.02 Å². The Labute approximate surface area is 192 Å². The summed E-state index contributed by atoms with van der Waals surface area (Å²) in [5.41, 5.74) is 1.84. The fourth-order valence-electron chi connectivity index (χ4n) is 3.38. The fourth-order valence-corrected chi connectivity index (χ4v) is 3.58. The number of amides is 2. The third kappa shape index (κ3) is 4.72. The molecule has 2 heterocycles. The Morgan fingerprint density at radius 2 is 2.15 bits per heavy atom. The minimum atomic E-state index is -1.57. The quantitative estimate of drug-likeness (QED) is 0.555. The maximum Gasteiger partial charge on any atom is 0.276 e. The maximum absolute atomic E-state index is 12.9. The second-order valence-corrected chi connectivity index (χ2v) is 7.55. The van der Waals surface area contributed by atoms with Gasteiger partial charge >= 0.3 is 0 Å². The molecule has 0 radical (unpaired) electrons. The van der Waals surface area contributed by atoms with E-state index in [-0.39, 0.29) is 18.5 Å². The number of rotatable bonds is 6. The van der Waals surface area contributed by atoms with E-state index in [0.717, 1.165) is 5.01 Å². The normalized spacial score (nSPS) is 15.8. The minimum Gasteiger partial charge on any atom is -0.378 e. The summed E-state index contributed by atoms with van der Waals surface area (Å²) in [5, 5.41) is 38.8. The average molecular weight is 465 g/mol. The molecule has 0 spiro atoms. The van der Waals surface area contributed by atoms with Crippen molar-refractivity contribution in [3.05, 3.63) is 70.5 Å². The number of benzene rings is 2. The van der Waals surface area contributed by atoms with Gasteiger partial charge in [-0.05, 0) is 51.9 Å². The molecule has 0 saturated carbocycles. The highest BCUT2D eigenvalue weighted by Crippen LogP contribution is 2.23. The second-order valence-electron chi connectivity index (χ2n) is 7.12. The predicted octanol–water partition coefficient (Wildman–Crippen LogP) is 1.12. The lowest BCUT2D eigenvalue weighted by Crippen LogP contribution is -2.46. The van der Waals surface area contributed by atoms with Crippen LogP contribution >= 0.6 is 11.6 Å². The van der Waals surface area contributed by atoms with Gasteiger partial charge in [0.1, 0.15) is 12.4 Å². The topological polar surface area (TPSA) is 149 Å². The molecule has 0 bridgehead atoms. The van der Waals surface area contributed by atoms with Gasteiger partial charge in [0.15, 0.2) is 6.10 Å². The van der Waals surface area contributed by atoms with Crippen molar-refractivity contribution in [2.45, 2.75) is 25.1 Å². The lowest BCUT2D eigenvalue weighted by Gasteiger charge is -2.24. The first-order valence-corrected chi connectivity index (χ1v) is 10.2. The Morgan fingerprint density at radius 1 is 1.30 bits per heavy atom. The number of tetrazole rings is 1. The number of nitriles is 1. The van der Waals surface area contributed by atoms with E-state index in [2.05, 4.69) is 25.9 Å². The summed E-state index contributed by atoms with van der Waals surface area (Å²) in [7, 11) is 0. The van der Waals surface area contributed by atoms with Crippen molar-refractivity contribution in [2.24, 2.45) is 5.10 Å². The molecule has 0 aliphatic carbocycles. The lowest BCUT2D eigenvalue weighted by atomic mass is 10.1. The van der Waals surface area contributed by atoms with Crippen LogP contribution in [0.4, 0.5) is 0 Å². The molecule has 2 amide bonds. The van der Waals surface area contributed by atoms with Crippen LogP contribution < -0.4 is 5.32 Å². The standard InChI is InChI=1S/C21H17ClN8O3/c22-16-4-5-17(29-12-25-27-28-29)15(9-16)11-24-20(32)18-6-7-26-30(18)21(33)19(31)14-3-1-2-13(8-14)10-23/h1-5,7-9,12,18-19,31H,6,11H2,(H,24,32). The molecule has 3 aromatic rings. The highest BCUT2D eigenvalue weighted by atomic mass is 35.5. The van der Waals surface area contributed by atoms with E-state index in [4.69, 9.17) is 16.9 Å². The van der Waals surface area contributed by atoms with Crippen molar-refractivity contribution < 1.29 is 14.7 Å². The molecule has 2 aromatic carbocycles. The molecule has 1 aromatic heterocycles. The average Bonchev–Trinajstić information content (AvgIpc) is 3.54. The molecule has 0 fully saturated rings. The van der Waals surface area contributed by atoms with E-state index in [1.165, 1.54) is 29.4 Å². The van der Waals surface area contributed by atoms with Crippen molar-refractivity contribution in [1.29, 1.82) is 5.26 Å². The highest BCUT2D eigenvalue weighted by molar-refractivity contribution is 6.30. The molecule has 1 aliphatic heterocycles. The zero-order chi connectivity index (χ0) is 23.4. The lowest BCUT2D eigenvalue weighted by molar-refractivity contribution is -0.146. The van der Waals surface area contributed by atoms with Gasteiger partial charge < -0.3 is 10.4 Å². The Morgan fingerprint density at radius 3 is 2.91 bits per heavy atom. The van der Waals surface area contributed by atoms with Gasteiger partial charge in [-0.15, -0.1) is 5.10 Å². The number of hydrazone groups is 1. The van der Waals surface area contributed by atoms with E-state index in [1.54, 1.807) is 30.3 Å². The number of nitrogens with one attached hydrogen (secondary N) is 1. The minimum absolute atomic E-state index is 0.0971. The molecule has 0 saturated heterocycles. The number of aliphatic hydroxyl groups is 1. The SMILES string of the molecule is N#Cc1cccc(C(O)C(=O)N2N=CCC2C(=O)NCc2cc(Cl)ccc2-n2cnnn2)c1. The smallest absolute Gasteiger partial charge is 0.276 e. The van der Waals surface area contributed by atoms with E-state index < -0.39 is 24.0 Å². The number of nitrogens with zero attached hydrogens (tertiary/aromatic N) is 7. The number of hydrogen-bond acceptors (Lipinski definition) is 8. The van der Waals surface area contributed by atoms with Crippen molar-refractivity contribution >= 4 is 29.6 Å². The van der Waals surface area contributed by atoms with Crippen molar-refractivity contribution in [2.75, 3.05) is 0 Å². The van der Waals surface area contributed by atoms with Crippen molar-refractivity contribution in [3.8, 4) is 11.8 Å². The summed E-state index contributed by atoms with van der Waals surface area (Å²) in [6.07, 6.45) is 1.48. The van der Waals surface area contributed by atoms with Gasteiger partial charge in [0.2, 0.25) is 5.91 Å². The van der Waals surface area contributed by atoms with E-state index in [1.807, 2.05) is 6.07 Å². The van der Waals surface area contributed by atoms with E-state index in [0.29, 0.717) is 21.8 Å². The largest absolute Gasteiger partial charge is 0.378 e. The molecule has 33 heavy (non-hydrogen) atoms. The van der Waals surface area contributed by atoms with Gasteiger partial charge in [-0.3, -0.25) is 9.59 Å². The van der Waals surface area contributed by atoms with Crippen LogP contribution in [0.5, 0.6) is 0 Å². The molecule has 2 N–H and O–H groups in total. The summed E-state index contributed by atoms with van der Waals surface area (Å²) in [5.74, 6) is -1.22. The molecule has 12 heteroatoms. The van der Waals surface area contributed by atoms with Gasteiger partial charge in [0.25, 0.3) is 5.91 Å². The molecule has 166 valence electrons. The number of halogens is 1. The van der Waals surface area contributed by atoms with Crippen LogP contribution in [0.3, 0.4) is 0 Å². The summed E-state index contributed by atoms with van der Waals surface area (Å²) in [6.45, 7) is 0.0971. The number of carbonyl (C=O) groups is 2. The van der Waals surface area contributed by atoms with Crippen LogP contribution in [0.25, 0.3) is 5.69 Å². The summed E-state index contributed by atoms with van der Waals surface area (Å²) < 4.78 is 1.44. The van der Waals surface area contributed by atoms with Crippen LogP contribution in [0.1, 0.15) is 29.2 Å². The predicted molar refractivity (Wildman–Crippen MR) is 116 cm³/mol. The molecule has 4 rings (SSSR count). The summed E-state index contributed by atoms with van der Waals surface area (Å²) in [4.78, 5) is 25.7. The van der Waals surface area contributed by atoms with Gasteiger partial charge in [0, 0.05) is 24.2 Å². The first-order valence-electron chi connectivity index (χ1n) is 9.81. The van der Waals surface area contributed by atoms with Crippen molar-refractivity contribution in [3.63, 3.8) is 0 Å². The number of hydrogen-bond donors (Lipinski definition) is 2. The Hall–Kier alpha value is -4.14. The van der Waals surface area contributed by atoms with Crippen LogP contribution in [-0.2, 0) is 16.1 Å². The zero-order valence-electron chi connectivity index (χ0n) is 17.0. The number of carbonyl (C=O) groups excluding carboxylic acids is 2. The zero-order valence-corrected chi connectivity index (χ0v) is 17.8. The van der Waals surface area contributed by atoms with Gasteiger partial charge in [-0.1, -0.05) is 23.7 Å². The van der Waals surface area contributed by atoms with Gasteiger partial charge in [-0.2, -0.15) is 10.4 Å². The second kappa shape index (κ2) is 9.56. The van der Waals surface area contributed by atoms with E-state index >= 15 is 0 Å². The number of aromatic nitrogens is 4. The van der Waals surface area contributed by atoms with Crippen LogP contribution in [0, 0.1) is 11.3 Å². The van der Waals surface area contributed by atoms with Crippen LogP contribution in [0.15, 0.2) is 53.9 Å². The molecule has 1 aliphatic rings. The highest BCUT2D eigenvalue weighted by Gasteiger charge is 2.36. The molecule has 11 nitrogen and oxygen atoms in total.